The Morgan fingerprint density at radius 3 is 0.748 bits per heavy atom. The third kappa shape index (κ3) is 46.1. The molecule has 4 amide bonds. The minimum absolute atomic E-state index is 0.107. The van der Waals surface area contributed by atoms with Crippen LogP contribution in [0.15, 0.2) is 127 Å². The molecule has 712 valence electrons. The fraction of sp³-hybridized carbons (Fsp3) is 0.614. The Hall–Kier alpha value is -10.6. The first-order chi connectivity index (χ1) is 59.4. The van der Waals surface area contributed by atoms with Crippen LogP contribution < -0.4 is 21.3 Å². The molecule has 2 aliphatic carbocycles. The maximum Gasteiger partial charge on any atom is 0.407 e. The number of amides is 4. The summed E-state index contributed by atoms with van der Waals surface area (Å²) < 4.78 is 108. The molecule has 0 bridgehead atoms. The molecular weight excluding hydrogens is 1700 g/mol. The number of carbonyl (C=O) groups excluding carboxylic acids is 14. The van der Waals surface area contributed by atoms with E-state index in [1.54, 1.807) is 13.8 Å². The third-order valence-electron chi connectivity index (χ3n) is 19.7. The first-order valence-corrected chi connectivity index (χ1v) is 47.4. The van der Waals surface area contributed by atoms with Gasteiger partial charge in [0.05, 0.1) is 61.3 Å². The van der Waals surface area contributed by atoms with E-state index in [9.17, 15) is 67.1 Å². The van der Waals surface area contributed by atoms with Crippen molar-refractivity contribution < 1.29 is 157 Å². The highest BCUT2D eigenvalue weighted by atomic mass is 28.4. The van der Waals surface area contributed by atoms with Crippen LogP contribution in [0.3, 0.4) is 0 Å². The number of carbonyl (C=O) groups is 14. The quantitative estimate of drug-likeness (QED) is 0.0145. The molecule has 6 atom stereocenters. The molecule has 0 saturated heterocycles. The van der Waals surface area contributed by atoms with Gasteiger partial charge in [-0.15, -0.1) is 0 Å². The lowest BCUT2D eigenvalue weighted by molar-refractivity contribution is -0.170. The van der Waals surface area contributed by atoms with Gasteiger partial charge in [0, 0.05) is 97.1 Å². The minimum atomic E-state index is -2.20. The van der Waals surface area contributed by atoms with E-state index in [0.717, 1.165) is 72.8 Å². The molecule has 6 unspecified atom stereocenters. The first kappa shape index (κ1) is 112. The molecule has 0 spiro atoms. The van der Waals surface area contributed by atoms with Gasteiger partial charge in [-0.05, 0) is 128 Å². The van der Waals surface area contributed by atoms with Crippen molar-refractivity contribution in [1.82, 2.24) is 21.3 Å². The molecule has 4 N–H and O–H groups in total. The van der Waals surface area contributed by atoms with Crippen LogP contribution in [-0.4, -0.2) is 268 Å². The van der Waals surface area contributed by atoms with E-state index < -0.39 is 274 Å². The Balaban J connectivity index is 2.03. The normalized spacial score (nSPS) is 17.6. The van der Waals surface area contributed by atoms with Crippen molar-refractivity contribution >= 4 is 101 Å². The van der Waals surface area contributed by atoms with Gasteiger partial charge < -0.3 is 111 Å². The van der Waals surface area contributed by atoms with E-state index in [2.05, 4.69) is 113 Å². The standard InChI is InChI=1S/C88H134N4O33Si2/c1-23-67(93)111-51-85(52-112-68(94)24-2,53-113-69(95)25-3)47-109-49-87(57-117-73(99)29-7,58-118-74(100)30-8)61-121-77(103)89-65-39-81(13,14)45-83(17,41-65)91-79(105)123-63(11)43-107-35-33-37-126(19,20)125-127(21,22)38-34-36-108-44-64(12)124-80(106)92-84(18)42-66(40-82(15,16)46-84)90-78(104)122-62-88(59-119-75(101)31-9,60-120-76(102)32-10)50-110-48-86(54-114-70(96)26-4,55-115-71(97)27-5)56-116-72(98)28-6/h23-32,63-66H,1-10,33-62H2,11-22H3,(H,89,103)(H,90,104)(H,91,105)(H,92,106). The predicted octanol–water partition coefficient (Wildman–Crippen LogP) is 9.85. The molecule has 0 aliphatic heterocycles. The molecule has 0 heterocycles. The first-order valence-electron chi connectivity index (χ1n) is 41.2. The molecule has 0 aromatic heterocycles. The van der Waals surface area contributed by atoms with Gasteiger partial charge in [-0.1, -0.05) is 93.5 Å². The van der Waals surface area contributed by atoms with E-state index in [1.807, 2.05) is 41.5 Å². The maximum atomic E-state index is 13.9. The van der Waals surface area contributed by atoms with E-state index in [0.29, 0.717) is 51.7 Å². The number of rotatable bonds is 62. The minimum Gasteiger partial charge on any atom is -0.462 e. The highest BCUT2D eigenvalue weighted by molar-refractivity contribution is 6.84. The second-order valence-corrected chi connectivity index (χ2v) is 44.1. The summed E-state index contributed by atoms with van der Waals surface area (Å²) >= 11 is 0. The van der Waals surface area contributed by atoms with Crippen molar-refractivity contribution in [3.63, 3.8) is 0 Å². The number of ether oxygens (including phenoxy) is 18. The van der Waals surface area contributed by atoms with Gasteiger partial charge in [-0.25, -0.2) is 67.1 Å². The molecular formula is C88H134N4O33Si2. The van der Waals surface area contributed by atoms with E-state index in [4.69, 9.17) is 89.4 Å². The van der Waals surface area contributed by atoms with Crippen molar-refractivity contribution in [2.45, 2.75) is 180 Å². The molecule has 0 aromatic carbocycles. The number of hydrogen-bond donors (Lipinski definition) is 4. The number of nitrogens with one attached hydrogen (secondary N) is 4. The van der Waals surface area contributed by atoms with Gasteiger partial charge in [0.25, 0.3) is 0 Å². The largest absolute Gasteiger partial charge is 0.462 e. The van der Waals surface area contributed by atoms with E-state index >= 15 is 0 Å². The molecule has 2 aliphatic rings. The Labute approximate surface area is 746 Å². The Morgan fingerprint density at radius 2 is 0.535 bits per heavy atom. The lowest BCUT2D eigenvalue weighted by atomic mass is 9.67. The van der Waals surface area contributed by atoms with E-state index in [-0.39, 0.29) is 26.1 Å². The highest BCUT2D eigenvalue weighted by Gasteiger charge is 2.48. The number of alkyl carbamates (subject to hydrolysis) is 4. The van der Waals surface area contributed by atoms with Crippen LogP contribution in [0.5, 0.6) is 0 Å². The number of esters is 10. The van der Waals surface area contributed by atoms with Gasteiger partial charge in [0.15, 0.2) is 16.6 Å². The SMILES string of the molecule is C=CC(=O)OCC(COCC(COC(=O)C=C)(COC(=O)C=C)COC(=O)NC1CC(C)(C)CC(C)(NC(=O)OC(C)COCCC[Si](C)(C)O[Si](C)(C)CCCOCC(C)OC(=O)NC2(C)CC(NC(=O)OCC(COCC(COC(=O)C=C)(COC(=O)C=C)COC(=O)C=C)(COC(=O)C=C)COC(=O)C=C)CC(C)(C)C2)C1)(COC(=O)C=C)COC(=O)C=C. The summed E-state index contributed by atoms with van der Waals surface area (Å²) in [7, 11) is -4.40. The predicted molar refractivity (Wildman–Crippen MR) is 466 cm³/mol. The van der Waals surface area contributed by atoms with Crippen LogP contribution in [0, 0.1) is 32.5 Å². The molecule has 2 rings (SSSR count). The lowest BCUT2D eigenvalue weighted by Crippen LogP contribution is -2.58. The fourth-order valence-electron chi connectivity index (χ4n) is 14.5. The maximum absolute atomic E-state index is 13.9. The van der Waals surface area contributed by atoms with Crippen LogP contribution in [-0.2, 0) is 137 Å². The lowest BCUT2D eigenvalue weighted by Gasteiger charge is -2.46. The van der Waals surface area contributed by atoms with Gasteiger partial charge in [0.1, 0.15) is 91.5 Å². The fourth-order valence-corrected chi connectivity index (χ4v) is 23.3. The zero-order valence-electron chi connectivity index (χ0n) is 75.8. The topological polar surface area (TPSA) is 462 Å². The zero-order valence-corrected chi connectivity index (χ0v) is 77.8. The van der Waals surface area contributed by atoms with Gasteiger partial charge >= 0.3 is 84.1 Å². The average Bonchev–Trinajstić information content (AvgIpc) is 0.795. The smallest absolute Gasteiger partial charge is 0.407 e. The summed E-state index contributed by atoms with van der Waals surface area (Å²) in [6, 6.07) is 0.424. The van der Waals surface area contributed by atoms with Gasteiger partial charge in [-0.2, -0.15) is 0 Å². The summed E-state index contributed by atoms with van der Waals surface area (Å²) in [5.41, 5.74) is -9.32. The molecule has 0 radical (unpaired) electrons. The van der Waals surface area contributed by atoms with Crippen molar-refractivity contribution in [3.05, 3.63) is 127 Å². The molecule has 37 nitrogen and oxygen atoms in total. The van der Waals surface area contributed by atoms with E-state index in [1.165, 1.54) is 0 Å². The van der Waals surface area contributed by atoms with Crippen LogP contribution in [0.2, 0.25) is 38.3 Å². The van der Waals surface area contributed by atoms with Crippen molar-refractivity contribution in [2.75, 3.05) is 132 Å². The monoisotopic (exact) mass is 1830 g/mol. The second-order valence-electron chi connectivity index (χ2n) is 35.2. The number of hydrogen-bond acceptors (Lipinski definition) is 33. The average molecular weight is 1830 g/mol. The summed E-state index contributed by atoms with van der Waals surface area (Å²) in [5, 5.41) is 11.8. The van der Waals surface area contributed by atoms with Crippen molar-refractivity contribution in [1.29, 1.82) is 0 Å². The summed E-state index contributed by atoms with van der Waals surface area (Å²) in [5.74, 6) is -8.92. The molecule has 2 saturated carbocycles. The summed E-state index contributed by atoms with van der Waals surface area (Å²) in [6.07, 6.45) is 7.87. The van der Waals surface area contributed by atoms with Crippen LogP contribution in [0.25, 0.3) is 0 Å². The summed E-state index contributed by atoms with van der Waals surface area (Å²) in [6.45, 7) is 49.5. The zero-order chi connectivity index (χ0) is 95.9. The van der Waals surface area contributed by atoms with Gasteiger partial charge in [-0.3, -0.25) is 0 Å². The Bertz CT molecular complexity index is 3410. The third-order valence-corrected chi connectivity index (χ3v) is 27.3. The molecule has 127 heavy (non-hydrogen) atoms. The van der Waals surface area contributed by atoms with Crippen LogP contribution >= 0.6 is 0 Å². The molecule has 39 heteroatoms. The summed E-state index contributed by atoms with van der Waals surface area (Å²) in [4.78, 5) is 179. The van der Waals surface area contributed by atoms with Crippen molar-refractivity contribution in [2.24, 2.45) is 32.5 Å². The van der Waals surface area contributed by atoms with Crippen LogP contribution in [0.4, 0.5) is 19.2 Å². The Morgan fingerprint density at radius 1 is 0.323 bits per heavy atom. The van der Waals surface area contributed by atoms with Gasteiger partial charge in [0.2, 0.25) is 0 Å². The Kier molecular flexibility index (Phi) is 48.3. The molecule has 2 fully saturated rings. The second kappa shape index (κ2) is 54.6. The molecule has 0 aromatic rings. The highest BCUT2D eigenvalue weighted by Crippen LogP contribution is 2.43. The van der Waals surface area contributed by atoms with Crippen LogP contribution in [0.1, 0.15) is 107 Å². The van der Waals surface area contributed by atoms with Crippen molar-refractivity contribution in [3.8, 4) is 0 Å².